The number of benzene rings is 1. The zero-order chi connectivity index (χ0) is 13.1. The highest BCUT2D eigenvalue weighted by atomic mass is 16.3. The molecule has 5 nitrogen and oxygen atoms in total. The van der Waals surface area contributed by atoms with Crippen LogP contribution in [0.4, 0.5) is 5.82 Å². The molecule has 0 aliphatic heterocycles. The van der Waals surface area contributed by atoms with E-state index in [-0.39, 0.29) is 0 Å². The Morgan fingerprint density at radius 1 is 1.26 bits per heavy atom. The lowest BCUT2D eigenvalue weighted by atomic mass is 10.2. The third kappa shape index (κ3) is 2.24. The van der Waals surface area contributed by atoms with E-state index in [4.69, 9.17) is 9.68 Å². The van der Waals surface area contributed by atoms with E-state index in [0.717, 1.165) is 16.5 Å². The SMILES string of the molecule is N#Cc1cc(NCc2coc3ccccc23)ncn1. The van der Waals surface area contributed by atoms with Crippen molar-refractivity contribution >= 4 is 16.8 Å². The molecule has 0 amide bonds. The van der Waals surface area contributed by atoms with Gasteiger partial charge in [0.15, 0.2) is 0 Å². The van der Waals surface area contributed by atoms with E-state index in [9.17, 15) is 0 Å². The summed E-state index contributed by atoms with van der Waals surface area (Å²) < 4.78 is 5.46. The van der Waals surface area contributed by atoms with Crippen LogP contribution in [0.15, 0.2) is 47.3 Å². The average Bonchev–Trinajstić information content (AvgIpc) is 2.89. The lowest BCUT2D eigenvalue weighted by Crippen LogP contribution is -2.01. The number of fused-ring (bicyclic) bond motifs is 1. The quantitative estimate of drug-likeness (QED) is 0.773. The highest BCUT2D eigenvalue weighted by molar-refractivity contribution is 5.81. The molecule has 0 aliphatic rings. The van der Waals surface area contributed by atoms with E-state index < -0.39 is 0 Å². The van der Waals surface area contributed by atoms with Gasteiger partial charge in [-0.2, -0.15) is 5.26 Å². The molecular formula is C14H10N4O. The van der Waals surface area contributed by atoms with Gasteiger partial charge in [-0.05, 0) is 6.07 Å². The Balaban J connectivity index is 1.81. The van der Waals surface area contributed by atoms with Gasteiger partial charge in [-0.15, -0.1) is 0 Å². The largest absolute Gasteiger partial charge is 0.464 e. The third-order valence-electron chi connectivity index (χ3n) is 2.80. The summed E-state index contributed by atoms with van der Waals surface area (Å²) >= 11 is 0. The Labute approximate surface area is 109 Å². The molecule has 5 heteroatoms. The first-order valence-electron chi connectivity index (χ1n) is 5.78. The Kier molecular flexibility index (Phi) is 2.83. The maximum Gasteiger partial charge on any atom is 0.145 e. The third-order valence-corrected chi connectivity index (χ3v) is 2.80. The predicted molar refractivity (Wildman–Crippen MR) is 70.3 cm³/mol. The molecule has 0 atom stereocenters. The van der Waals surface area contributed by atoms with Gasteiger partial charge >= 0.3 is 0 Å². The van der Waals surface area contributed by atoms with Gasteiger partial charge in [0.05, 0.1) is 6.26 Å². The summed E-state index contributed by atoms with van der Waals surface area (Å²) in [5.41, 5.74) is 2.25. The van der Waals surface area contributed by atoms with Crippen LogP contribution in [0.1, 0.15) is 11.3 Å². The number of furan rings is 1. The van der Waals surface area contributed by atoms with E-state index in [1.54, 1.807) is 12.3 Å². The van der Waals surface area contributed by atoms with Crippen molar-refractivity contribution in [3.63, 3.8) is 0 Å². The van der Waals surface area contributed by atoms with Gasteiger partial charge < -0.3 is 9.73 Å². The molecule has 0 unspecified atom stereocenters. The Bertz CT molecular complexity index is 757. The maximum atomic E-state index is 8.77. The Hall–Kier alpha value is -2.87. The number of rotatable bonds is 3. The summed E-state index contributed by atoms with van der Waals surface area (Å²) in [5.74, 6) is 0.622. The van der Waals surface area contributed by atoms with Crippen molar-refractivity contribution in [1.82, 2.24) is 9.97 Å². The molecule has 3 aromatic rings. The number of anilines is 1. The maximum absolute atomic E-state index is 8.77. The lowest BCUT2D eigenvalue weighted by Gasteiger charge is -2.03. The van der Waals surface area contributed by atoms with Crippen LogP contribution in [-0.2, 0) is 6.54 Å². The monoisotopic (exact) mass is 250 g/mol. The van der Waals surface area contributed by atoms with Crippen LogP contribution in [0, 0.1) is 11.3 Å². The van der Waals surface area contributed by atoms with Crippen LogP contribution < -0.4 is 5.32 Å². The number of para-hydroxylation sites is 1. The first-order valence-corrected chi connectivity index (χ1v) is 5.78. The van der Waals surface area contributed by atoms with Crippen LogP contribution in [-0.4, -0.2) is 9.97 Å². The summed E-state index contributed by atoms with van der Waals surface area (Å²) in [4.78, 5) is 7.88. The number of hydrogen-bond donors (Lipinski definition) is 1. The van der Waals surface area contributed by atoms with E-state index in [2.05, 4.69) is 15.3 Å². The summed E-state index contributed by atoms with van der Waals surface area (Å²) in [5, 5.41) is 13.0. The first-order chi connectivity index (χ1) is 9.36. The molecule has 0 aliphatic carbocycles. The van der Waals surface area contributed by atoms with Crippen molar-refractivity contribution < 1.29 is 4.42 Å². The smallest absolute Gasteiger partial charge is 0.145 e. The number of aromatic nitrogens is 2. The Morgan fingerprint density at radius 2 is 2.16 bits per heavy atom. The standard InChI is InChI=1S/C14H10N4O/c15-6-11-5-14(18-9-17-11)16-7-10-8-19-13-4-2-1-3-12(10)13/h1-5,8-9H,7H2,(H,16,17,18). The molecule has 0 saturated carbocycles. The van der Waals surface area contributed by atoms with Gasteiger partial charge in [0.2, 0.25) is 0 Å². The van der Waals surface area contributed by atoms with Crippen molar-refractivity contribution in [2.24, 2.45) is 0 Å². The normalized spacial score (nSPS) is 10.3. The molecular weight excluding hydrogens is 240 g/mol. The van der Waals surface area contributed by atoms with Gasteiger partial charge in [-0.1, -0.05) is 18.2 Å². The zero-order valence-corrected chi connectivity index (χ0v) is 10.00. The van der Waals surface area contributed by atoms with Crippen molar-refractivity contribution in [2.75, 3.05) is 5.32 Å². The molecule has 19 heavy (non-hydrogen) atoms. The minimum absolute atomic E-state index is 0.342. The number of nitrogens with one attached hydrogen (secondary N) is 1. The van der Waals surface area contributed by atoms with E-state index in [1.165, 1.54) is 6.33 Å². The molecule has 2 aromatic heterocycles. The summed E-state index contributed by atoms with van der Waals surface area (Å²) in [6.07, 6.45) is 3.10. The molecule has 3 rings (SSSR count). The van der Waals surface area contributed by atoms with Crippen LogP contribution in [0.3, 0.4) is 0 Å². The molecule has 0 saturated heterocycles. The van der Waals surface area contributed by atoms with Crippen LogP contribution in [0.5, 0.6) is 0 Å². The molecule has 2 heterocycles. The van der Waals surface area contributed by atoms with E-state index in [1.807, 2.05) is 30.3 Å². The summed E-state index contributed by atoms with van der Waals surface area (Å²) in [7, 11) is 0. The minimum Gasteiger partial charge on any atom is -0.464 e. The topological polar surface area (TPSA) is 74.7 Å². The first kappa shape index (κ1) is 11.2. The van der Waals surface area contributed by atoms with Crippen molar-refractivity contribution in [3.8, 4) is 6.07 Å². The van der Waals surface area contributed by atoms with Gasteiger partial charge in [0, 0.05) is 23.6 Å². The second kappa shape index (κ2) is 4.78. The summed E-state index contributed by atoms with van der Waals surface area (Å²) in [6.45, 7) is 0.582. The van der Waals surface area contributed by atoms with Crippen molar-refractivity contribution in [1.29, 1.82) is 5.26 Å². The van der Waals surface area contributed by atoms with Crippen LogP contribution in [0.2, 0.25) is 0 Å². The number of nitrogens with zero attached hydrogens (tertiary/aromatic N) is 3. The Morgan fingerprint density at radius 3 is 3.05 bits per heavy atom. The minimum atomic E-state index is 0.342. The van der Waals surface area contributed by atoms with Crippen LogP contribution >= 0.6 is 0 Å². The van der Waals surface area contributed by atoms with Gasteiger partial charge in [-0.25, -0.2) is 9.97 Å². The van der Waals surface area contributed by atoms with Crippen LogP contribution in [0.25, 0.3) is 11.0 Å². The second-order valence-corrected chi connectivity index (χ2v) is 4.01. The second-order valence-electron chi connectivity index (χ2n) is 4.01. The molecule has 0 spiro atoms. The fourth-order valence-corrected chi connectivity index (χ4v) is 1.87. The van der Waals surface area contributed by atoms with Gasteiger partial charge in [0.1, 0.15) is 29.5 Å². The number of nitriles is 1. The molecule has 0 bridgehead atoms. The molecule has 0 radical (unpaired) electrons. The fraction of sp³-hybridized carbons (Fsp3) is 0.0714. The lowest BCUT2D eigenvalue weighted by molar-refractivity contribution is 0.611. The fourth-order valence-electron chi connectivity index (χ4n) is 1.87. The molecule has 1 aromatic carbocycles. The average molecular weight is 250 g/mol. The molecule has 92 valence electrons. The highest BCUT2D eigenvalue weighted by Crippen LogP contribution is 2.21. The molecule has 0 fully saturated rings. The van der Waals surface area contributed by atoms with Gasteiger partial charge in [-0.3, -0.25) is 0 Å². The zero-order valence-electron chi connectivity index (χ0n) is 10.00. The highest BCUT2D eigenvalue weighted by Gasteiger charge is 2.05. The van der Waals surface area contributed by atoms with E-state index in [0.29, 0.717) is 18.1 Å². The van der Waals surface area contributed by atoms with Crippen molar-refractivity contribution in [3.05, 3.63) is 54.2 Å². The summed E-state index contributed by atoms with van der Waals surface area (Å²) in [6, 6.07) is 11.4. The number of hydrogen-bond acceptors (Lipinski definition) is 5. The van der Waals surface area contributed by atoms with Gasteiger partial charge in [0.25, 0.3) is 0 Å². The molecule has 1 N–H and O–H groups in total. The predicted octanol–water partition coefficient (Wildman–Crippen LogP) is 2.71. The van der Waals surface area contributed by atoms with Crippen molar-refractivity contribution in [2.45, 2.75) is 6.54 Å². The van der Waals surface area contributed by atoms with E-state index >= 15 is 0 Å².